The van der Waals surface area contributed by atoms with Gasteiger partial charge in [0.1, 0.15) is 0 Å². The van der Waals surface area contributed by atoms with E-state index in [4.69, 9.17) is 0 Å². The fourth-order valence-electron chi connectivity index (χ4n) is 3.24. The van der Waals surface area contributed by atoms with Crippen molar-refractivity contribution in [2.24, 2.45) is 0 Å². The number of nitrogens with one attached hydrogen (secondary N) is 3. The van der Waals surface area contributed by atoms with E-state index in [-0.39, 0.29) is 5.75 Å². The highest BCUT2D eigenvalue weighted by Crippen LogP contribution is 2.22. The lowest BCUT2D eigenvalue weighted by atomic mass is 10.1. The van der Waals surface area contributed by atoms with Gasteiger partial charge in [-0.15, -0.1) is 0 Å². The number of hydrogen-bond donors (Lipinski definition) is 3. The van der Waals surface area contributed by atoms with Crippen LogP contribution in [0.5, 0.6) is 0 Å². The Bertz CT molecular complexity index is 779. The Morgan fingerprint density at radius 3 is 2.79 bits per heavy atom. The van der Waals surface area contributed by atoms with E-state index in [1.165, 1.54) is 12.6 Å². The van der Waals surface area contributed by atoms with Crippen LogP contribution in [-0.4, -0.2) is 58.1 Å². The molecule has 3 rings (SSSR count). The molecular weight excluding hydrogens is 324 g/mol. The summed E-state index contributed by atoms with van der Waals surface area (Å²) in [7, 11) is -1.79. The molecule has 2 heterocycles. The summed E-state index contributed by atoms with van der Waals surface area (Å²) in [4.78, 5) is 5.79. The van der Waals surface area contributed by atoms with Crippen molar-refractivity contribution in [3.8, 4) is 0 Å². The molecule has 1 fully saturated rings. The smallest absolute Gasteiger partial charge is 0.215 e. The number of nitrogens with zero attached hydrogens (tertiary/aromatic N) is 1. The molecule has 7 heteroatoms. The van der Waals surface area contributed by atoms with Gasteiger partial charge in [0.15, 0.2) is 0 Å². The Morgan fingerprint density at radius 1 is 1.25 bits per heavy atom. The lowest BCUT2D eigenvalue weighted by molar-refractivity contribution is 0.238. The van der Waals surface area contributed by atoms with E-state index < -0.39 is 10.0 Å². The molecule has 0 amide bonds. The van der Waals surface area contributed by atoms with E-state index in [9.17, 15) is 8.42 Å². The number of rotatable bonds is 7. The Morgan fingerprint density at radius 2 is 2.04 bits per heavy atom. The molecule has 1 aromatic heterocycles. The van der Waals surface area contributed by atoms with Crippen LogP contribution in [0.4, 0.5) is 0 Å². The Labute approximate surface area is 143 Å². The van der Waals surface area contributed by atoms with Gasteiger partial charge in [0, 0.05) is 43.3 Å². The molecular formula is C17H26N4O2S. The van der Waals surface area contributed by atoms with Crippen LogP contribution in [0.25, 0.3) is 10.9 Å². The molecule has 1 aliphatic heterocycles. The average Bonchev–Trinajstić information content (AvgIpc) is 2.98. The molecule has 132 valence electrons. The van der Waals surface area contributed by atoms with Gasteiger partial charge < -0.3 is 15.2 Å². The molecule has 3 N–H and O–H groups in total. The van der Waals surface area contributed by atoms with Gasteiger partial charge in [0.2, 0.25) is 10.0 Å². The van der Waals surface area contributed by atoms with E-state index in [2.05, 4.69) is 26.1 Å². The van der Waals surface area contributed by atoms with Gasteiger partial charge >= 0.3 is 0 Å². The monoisotopic (exact) mass is 350 g/mol. The normalized spacial score (nSPS) is 16.7. The van der Waals surface area contributed by atoms with E-state index in [0.717, 1.165) is 62.0 Å². The van der Waals surface area contributed by atoms with Crippen molar-refractivity contribution in [3.05, 3.63) is 35.5 Å². The number of hydrogen-bond acceptors (Lipinski definition) is 4. The summed E-state index contributed by atoms with van der Waals surface area (Å²) in [5.74, 6) is 0.0187. The highest BCUT2D eigenvalue weighted by Gasteiger charge is 2.12. The first-order chi connectivity index (χ1) is 11.6. The summed E-state index contributed by atoms with van der Waals surface area (Å²) >= 11 is 0. The number of sulfonamides is 1. The number of aromatic nitrogens is 1. The lowest BCUT2D eigenvalue weighted by Gasteiger charge is -2.26. The van der Waals surface area contributed by atoms with Crippen molar-refractivity contribution in [1.29, 1.82) is 0 Å². The molecule has 0 bridgehead atoms. The highest BCUT2D eigenvalue weighted by atomic mass is 32.2. The number of aryl methyl sites for hydroxylation is 1. The minimum Gasteiger partial charge on any atom is -0.361 e. The van der Waals surface area contributed by atoms with Crippen molar-refractivity contribution in [2.45, 2.75) is 18.6 Å². The van der Waals surface area contributed by atoms with Crippen LogP contribution in [0.2, 0.25) is 0 Å². The second kappa shape index (κ2) is 7.65. The molecule has 0 unspecified atom stereocenters. The third kappa shape index (κ3) is 4.36. The van der Waals surface area contributed by atoms with Gasteiger partial charge in [-0.3, -0.25) is 0 Å². The van der Waals surface area contributed by atoms with E-state index in [0.29, 0.717) is 0 Å². The van der Waals surface area contributed by atoms with Crippen molar-refractivity contribution < 1.29 is 8.42 Å². The molecule has 6 nitrogen and oxygen atoms in total. The quantitative estimate of drug-likeness (QED) is 0.698. The molecule has 2 aromatic rings. The van der Waals surface area contributed by atoms with Crippen LogP contribution in [0.1, 0.15) is 17.5 Å². The summed E-state index contributed by atoms with van der Waals surface area (Å²) in [6.07, 6.45) is 4.18. The summed E-state index contributed by atoms with van der Waals surface area (Å²) in [5, 5.41) is 4.51. The van der Waals surface area contributed by atoms with Gasteiger partial charge in [0.25, 0.3) is 0 Å². The summed E-state index contributed by atoms with van der Waals surface area (Å²) in [5.41, 5.74) is 3.15. The van der Waals surface area contributed by atoms with Crippen LogP contribution in [-0.2, 0) is 22.2 Å². The SMILES string of the molecule is CNS(=O)(=O)Cc1ccc2[nH]cc(CCCN3CCNCC3)c2c1. The Balaban J connectivity index is 1.66. The van der Waals surface area contributed by atoms with Crippen LogP contribution < -0.4 is 10.0 Å². The second-order valence-electron chi connectivity index (χ2n) is 6.35. The maximum Gasteiger partial charge on any atom is 0.215 e. The summed E-state index contributed by atoms with van der Waals surface area (Å²) in [6, 6.07) is 5.84. The van der Waals surface area contributed by atoms with Crippen molar-refractivity contribution >= 4 is 20.9 Å². The summed E-state index contributed by atoms with van der Waals surface area (Å²) < 4.78 is 25.9. The maximum absolute atomic E-state index is 11.7. The van der Waals surface area contributed by atoms with Gasteiger partial charge in [-0.1, -0.05) is 6.07 Å². The second-order valence-corrected chi connectivity index (χ2v) is 8.28. The lowest BCUT2D eigenvalue weighted by Crippen LogP contribution is -2.43. The molecule has 0 aliphatic carbocycles. The zero-order chi connectivity index (χ0) is 17.0. The van der Waals surface area contributed by atoms with Crippen LogP contribution in [0.15, 0.2) is 24.4 Å². The van der Waals surface area contributed by atoms with E-state index in [1.807, 2.05) is 18.2 Å². The number of H-pyrrole nitrogens is 1. The molecule has 0 spiro atoms. The predicted octanol–water partition coefficient (Wildman–Crippen LogP) is 1.05. The van der Waals surface area contributed by atoms with Crippen LogP contribution in [0.3, 0.4) is 0 Å². The number of fused-ring (bicyclic) bond motifs is 1. The topological polar surface area (TPSA) is 77.2 Å². The Hall–Kier alpha value is -1.41. The minimum atomic E-state index is -3.24. The van der Waals surface area contributed by atoms with Crippen LogP contribution in [0, 0.1) is 0 Å². The molecule has 1 saturated heterocycles. The maximum atomic E-state index is 11.7. The van der Waals surface area contributed by atoms with E-state index >= 15 is 0 Å². The first-order valence-electron chi connectivity index (χ1n) is 8.50. The van der Waals surface area contributed by atoms with Gasteiger partial charge in [-0.25, -0.2) is 13.1 Å². The van der Waals surface area contributed by atoms with Crippen LogP contribution >= 0.6 is 0 Å². The largest absolute Gasteiger partial charge is 0.361 e. The molecule has 24 heavy (non-hydrogen) atoms. The number of benzene rings is 1. The van der Waals surface area contributed by atoms with Gasteiger partial charge in [0.05, 0.1) is 5.75 Å². The number of piperazine rings is 1. The molecule has 0 atom stereocenters. The fourth-order valence-corrected chi connectivity index (χ4v) is 4.00. The number of aromatic amines is 1. The Kier molecular flexibility index (Phi) is 5.55. The molecule has 1 aliphatic rings. The first kappa shape index (κ1) is 17.4. The van der Waals surface area contributed by atoms with E-state index in [1.54, 1.807) is 0 Å². The van der Waals surface area contributed by atoms with Crippen molar-refractivity contribution in [1.82, 2.24) is 19.9 Å². The zero-order valence-electron chi connectivity index (χ0n) is 14.1. The zero-order valence-corrected chi connectivity index (χ0v) is 15.0. The third-order valence-electron chi connectivity index (χ3n) is 4.63. The van der Waals surface area contributed by atoms with Gasteiger partial charge in [-0.2, -0.15) is 0 Å². The molecule has 0 radical (unpaired) electrons. The third-order valence-corrected chi connectivity index (χ3v) is 5.96. The highest BCUT2D eigenvalue weighted by molar-refractivity contribution is 7.88. The van der Waals surface area contributed by atoms with Gasteiger partial charge in [-0.05, 0) is 49.7 Å². The summed E-state index contributed by atoms with van der Waals surface area (Å²) in [6.45, 7) is 5.52. The molecule has 1 aromatic carbocycles. The first-order valence-corrected chi connectivity index (χ1v) is 10.2. The fraction of sp³-hybridized carbons (Fsp3) is 0.529. The standard InChI is InChI=1S/C17H26N4O2S/c1-18-24(22,23)13-14-4-5-17-16(11-14)15(12-20-17)3-2-8-21-9-6-19-7-10-21/h4-5,11-12,18-20H,2-3,6-10,13H2,1H3. The minimum absolute atomic E-state index is 0.0187. The van der Waals surface area contributed by atoms with Crippen molar-refractivity contribution in [3.63, 3.8) is 0 Å². The molecule has 0 saturated carbocycles. The average molecular weight is 350 g/mol. The predicted molar refractivity (Wildman–Crippen MR) is 97.6 cm³/mol. The van der Waals surface area contributed by atoms with Crippen molar-refractivity contribution in [2.75, 3.05) is 39.8 Å².